The van der Waals surface area contributed by atoms with E-state index in [1.54, 1.807) is 30.0 Å². The molecule has 1 aliphatic heterocycles. The number of carbonyl (C=O) groups is 1. The summed E-state index contributed by atoms with van der Waals surface area (Å²) in [6.45, 7) is 4.89. The van der Waals surface area contributed by atoms with Crippen molar-refractivity contribution in [2.75, 3.05) is 19.9 Å². The average molecular weight is 260 g/mol. The number of nitriles is 1. The fourth-order valence-corrected chi connectivity index (χ4v) is 1.94. The van der Waals surface area contributed by atoms with Gasteiger partial charge in [-0.05, 0) is 32.0 Å². The van der Waals surface area contributed by atoms with Crippen LogP contribution in [0, 0.1) is 17.2 Å². The largest absolute Gasteiger partial charge is 0.454 e. The lowest BCUT2D eigenvalue weighted by molar-refractivity contribution is 0.0752. The molecule has 0 N–H and O–H groups in total. The Hall–Kier alpha value is -2.22. The zero-order valence-electron chi connectivity index (χ0n) is 11.0. The summed E-state index contributed by atoms with van der Waals surface area (Å²) in [5, 5.41) is 8.83. The number of benzene rings is 1. The fourth-order valence-electron chi connectivity index (χ4n) is 1.94. The molecule has 5 nitrogen and oxygen atoms in total. The quantitative estimate of drug-likeness (QED) is 0.831. The first-order chi connectivity index (χ1) is 9.15. The molecule has 0 aromatic heterocycles. The Balaban J connectivity index is 2.16. The van der Waals surface area contributed by atoms with Crippen LogP contribution in [-0.2, 0) is 0 Å². The van der Waals surface area contributed by atoms with Crippen molar-refractivity contribution in [3.8, 4) is 17.6 Å². The number of amides is 1. The number of carbonyl (C=O) groups excluding carboxylic acids is 1. The van der Waals surface area contributed by atoms with Gasteiger partial charge in [-0.1, -0.05) is 0 Å². The van der Waals surface area contributed by atoms with E-state index in [4.69, 9.17) is 14.7 Å². The van der Waals surface area contributed by atoms with Gasteiger partial charge in [-0.2, -0.15) is 5.26 Å². The first kappa shape index (κ1) is 13.2. The normalized spacial score (nSPS) is 13.7. The van der Waals surface area contributed by atoms with Gasteiger partial charge in [-0.25, -0.2) is 0 Å². The van der Waals surface area contributed by atoms with Gasteiger partial charge in [0.05, 0.1) is 12.0 Å². The van der Waals surface area contributed by atoms with Crippen molar-refractivity contribution in [1.82, 2.24) is 4.90 Å². The van der Waals surface area contributed by atoms with Gasteiger partial charge >= 0.3 is 0 Å². The van der Waals surface area contributed by atoms with Crippen LogP contribution in [0.1, 0.15) is 24.2 Å². The minimum absolute atomic E-state index is 0.0945. The zero-order chi connectivity index (χ0) is 13.8. The van der Waals surface area contributed by atoms with Crippen molar-refractivity contribution in [1.29, 1.82) is 5.26 Å². The molecule has 19 heavy (non-hydrogen) atoms. The number of nitrogens with zero attached hydrogens (tertiary/aromatic N) is 2. The summed E-state index contributed by atoms with van der Waals surface area (Å²) in [5.74, 6) is 0.973. The number of ether oxygens (including phenoxy) is 2. The summed E-state index contributed by atoms with van der Waals surface area (Å²) in [6, 6.07) is 7.28. The number of hydrogen-bond acceptors (Lipinski definition) is 4. The maximum absolute atomic E-state index is 12.3. The zero-order valence-corrected chi connectivity index (χ0v) is 11.0. The molecule has 1 aliphatic rings. The molecule has 1 amide bonds. The highest BCUT2D eigenvalue weighted by Crippen LogP contribution is 2.32. The van der Waals surface area contributed by atoms with Crippen molar-refractivity contribution in [3.05, 3.63) is 23.8 Å². The summed E-state index contributed by atoms with van der Waals surface area (Å²) >= 11 is 0. The summed E-state index contributed by atoms with van der Waals surface area (Å²) in [7, 11) is 0. The average Bonchev–Trinajstić information content (AvgIpc) is 2.90. The third-order valence-electron chi connectivity index (χ3n) is 3.00. The van der Waals surface area contributed by atoms with E-state index in [1.807, 2.05) is 6.92 Å². The van der Waals surface area contributed by atoms with Gasteiger partial charge in [0.25, 0.3) is 5.91 Å². The van der Waals surface area contributed by atoms with Crippen LogP contribution >= 0.6 is 0 Å². The van der Waals surface area contributed by atoms with E-state index in [9.17, 15) is 4.79 Å². The smallest absolute Gasteiger partial charge is 0.254 e. The van der Waals surface area contributed by atoms with E-state index in [0.717, 1.165) is 0 Å². The lowest BCUT2D eigenvalue weighted by Crippen LogP contribution is -2.34. The fraction of sp³-hybridized carbons (Fsp3) is 0.429. The molecule has 1 atom stereocenters. The Morgan fingerprint density at radius 3 is 2.89 bits per heavy atom. The molecule has 1 aromatic rings. The van der Waals surface area contributed by atoms with Gasteiger partial charge in [0.1, 0.15) is 0 Å². The molecule has 0 unspecified atom stereocenters. The molecule has 0 fully saturated rings. The Morgan fingerprint density at radius 2 is 2.21 bits per heavy atom. The molecule has 0 saturated heterocycles. The van der Waals surface area contributed by atoms with Crippen LogP contribution < -0.4 is 9.47 Å². The van der Waals surface area contributed by atoms with Gasteiger partial charge in [-0.3, -0.25) is 4.79 Å². The monoisotopic (exact) mass is 260 g/mol. The molecular formula is C14H16N2O3. The molecule has 0 aliphatic carbocycles. The van der Waals surface area contributed by atoms with E-state index in [2.05, 4.69) is 6.07 Å². The minimum atomic E-state index is -0.182. The molecule has 2 rings (SSSR count). The van der Waals surface area contributed by atoms with E-state index >= 15 is 0 Å². The topological polar surface area (TPSA) is 62.6 Å². The first-order valence-corrected chi connectivity index (χ1v) is 6.24. The molecule has 1 aromatic carbocycles. The van der Waals surface area contributed by atoms with E-state index in [-0.39, 0.29) is 18.6 Å². The van der Waals surface area contributed by atoms with E-state index in [1.165, 1.54) is 0 Å². The first-order valence-electron chi connectivity index (χ1n) is 6.24. The molecule has 5 heteroatoms. The molecule has 0 spiro atoms. The lowest BCUT2D eigenvalue weighted by atomic mass is 10.1. The third-order valence-corrected chi connectivity index (χ3v) is 3.00. The summed E-state index contributed by atoms with van der Waals surface area (Å²) in [6.07, 6.45) is 0. The summed E-state index contributed by atoms with van der Waals surface area (Å²) < 4.78 is 10.5. The second kappa shape index (κ2) is 5.61. The van der Waals surface area contributed by atoms with Crippen molar-refractivity contribution in [2.45, 2.75) is 13.8 Å². The van der Waals surface area contributed by atoms with E-state index < -0.39 is 0 Å². The van der Waals surface area contributed by atoms with Gasteiger partial charge in [0.15, 0.2) is 11.5 Å². The Bertz CT molecular complexity index is 522. The van der Waals surface area contributed by atoms with Crippen LogP contribution in [0.3, 0.4) is 0 Å². The highest BCUT2D eigenvalue weighted by atomic mass is 16.7. The molecule has 100 valence electrons. The molecule has 0 saturated carbocycles. The SMILES string of the molecule is CCN(C[C@@H](C)C#N)C(=O)c1ccc2c(c1)OCO2. The summed E-state index contributed by atoms with van der Waals surface area (Å²) in [4.78, 5) is 14.0. The number of rotatable bonds is 4. The third kappa shape index (κ3) is 2.79. The predicted octanol–water partition coefficient (Wildman–Crippen LogP) is 2.04. The van der Waals surface area contributed by atoms with Crippen molar-refractivity contribution in [3.63, 3.8) is 0 Å². The Kier molecular flexibility index (Phi) is 3.91. The number of fused-ring (bicyclic) bond motifs is 1. The Morgan fingerprint density at radius 1 is 1.47 bits per heavy atom. The highest BCUT2D eigenvalue weighted by Gasteiger charge is 2.20. The van der Waals surface area contributed by atoms with Gasteiger partial charge in [0.2, 0.25) is 6.79 Å². The van der Waals surface area contributed by atoms with Gasteiger partial charge in [-0.15, -0.1) is 0 Å². The standard InChI is InChI=1S/C14H16N2O3/c1-3-16(8-10(2)7-15)14(17)11-4-5-12-13(6-11)19-9-18-12/h4-6,10H,3,8-9H2,1-2H3/t10-/m0/s1. The minimum Gasteiger partial charge on any atom is -0.454 e. The van der Waals surface area contributed by atoms with Crippen LogP contribution in [0.5, 0.6) is 11.5 Å². The van der Waals surface area contributed by atoms with E-state index in [0.29, 0.717) is 30.2 Å². The summed E-state index contributed by atoms with van der Waals surface area (Å²) in [5.41, 5.74) is 0.552. The van der Waals surface area contributed by atoms with Crippen LogP contribution in [-0.4, -0.2) is 30.7 Å². The highest BCUT2D eigenvalue weighted by molar-refractivity contribution is 5.95. The Labute approximate surface area is 112 Å². The maximum atomic E-state index is 12.3. The maximum Gasteiger partial charge on any atom is 0.254 e. The van der Waals surface area contributed by atoms with Crippen LogP contribution in [0.4, 0.5) is 0 Å². The van der Waals surface area contributed by atoms with Gasteiger partial charge < -0.3 is 14.4 Å². The lowest BCUT2D eigenvalue weighted by Gasteiger charge is -2.22. The van der Waals surface area contributed by atoms with Crippen LogP contribution in [0.15, 0.2) is 18.2 Å². The number of hydrogen-bond donors (Lipinski definition) is 0. The molecule has 0 bridgehead atoms. The van der Waals surface area contributed by atoms with Crippen LogP contribution in [0.25, 0.3) is 0 Å². The van der Waals surface area contributed by atoms with Crippen molar-refractivity contribution >= 4 is 5.91 Å². The predicted molar refractivity (Wildman–Crippen MR) is 68.9 cm³/mol. The van der Waals surface area contributed by atoms with Crippen LogP contribution in [0.2, 0.25) is 0 Å². The molecule has 1 heterocycles. The van der Waals surface area contributed by atoms with Gasteiger partial charge in [0, 0.05) is 18.7 Å². The van der Waals surface area contributed by atoms with Crippen molar-refractivity contribution < 1.29 is 14.3 Å². The molecular weight excluding hydrogens is 244 g/mol. The molecule has 0 radical (unpaired) electrons. The van der Waals surface area contributed by atoms with Crippen molar-refractivity contribution in [2.24, 2.45) is 5.92 Å². The second-order valence-corrected chi connectivity index (χ2v) is 4.44. The second-order valence-electron chi connectivity index (χ2n) is 4.44.